The number of fused-ring (bicyclic) bond motifs is 1. The van der Waals surface area contributed by atoms with Crippen LogP contribution in [-0.2, 0) is 22.5 Å². The monoisotopic (exact) mass is 554 g/mol. The van der Waals surface area contributed by atoms with Crippen molar-refractivity contribution in [2.24, 2.45) is 0 Å². The van der Waals surface area contributed by atoms with E-state index in [0.717, 1.165) is 22.3 Å². The number of hydrogen-bond donors (Lipinski definition) is 2. The molecule has 38 heavy (non-hydrogen) atoms. The fourth-order valence-electron chi connectivity index (χ4n) is 4.36. The molecule has 1 atom stereocenters. The molecule has 3 N–H and O–H groups in total. The second-order valence-corrected chi connectivity index (χ2v) is 9.36. The number of morpholine rings is 1. The summed E-state index contributed by atoms with van der Waals surface area (Å²) in [5.74, 6) is 0.854. The lowest BCUT2D eigenvalue weighted by molar-refractivity contribution is -0.116. The van der Waals surface area contributed by atoms with Crippen molar-refractivity contribution in [1.82, 2.24) is 15.2 Å². The molecule has 2 aliphatic heterocycles. The number of aromatic nitrogens is 1. The minimum atomic E-state index is -0.291. The highest BCUT2D eigenvalue weighted by molar-refractivity contribution is 6.32. The normalized spacial score (nSPS) is 16.4. The van der Waals surface area contributed by atoms with Gasteiger partial charge in [-0.1, -0.05) is 29.8 Å². The van der Waals surface area contributed by atoms with Gasteiger partial charge in [-0.25, -0.2) is 4.98 Å². The smallest absolute Gasteiger partial charge is 0.254 e. The maximum absolute atomic E-state index is 12.7. The third-order valence-electron chi connectivity index (χ3n) is 6.35. The number of benzene rings is 2. The second-order valence-electron chi connectivity index (χ2n) is 8.96. The Hall–Kier alpha value is -3.59. The highest BCUT2D eigenvalue weighted by Gasteiger charge is 2.25. The predicted octanol–water partition coefficient (Wildman–Crippen LogP) is 4.05. The lowest BCUT2D eigenvalue weighted by atomic mass is 9.99. The number of carbonyl (C=O) groups is 2. The topological polar surface area (TPSA) is 107 Å². The lowest BCUT2D eigenvalue weighted by Gasteiger charge is -2.26. The summed E-state index contributed by atoms with van der Waals surface area (Å²) in [6.07, 6.45) is 5.15. The minimum Gasteiger partial charge on any atom is -0.484 e. The zero-order valence-corrected chi connectivity index (χ0v) is 22.1. The van der Waals surface area contributed by atoms with Gasteiger partial charge in [0, 0.05) is 49.5 Å². The standard InChI is InChI=1S/C28H27ClN4O4.ClH/c29-24-15-21(19-2-4-20(5-3-19)28(35)33-9-11-36-12-10-33)13-22-14-23(37-27(22)24)6-8-26(34)32-17-18-1-7-25(30)31-16-18;/h1-8,13,15-16,23H,9-12,14,17H2,(H2,30,31)(H,32,34);1H. The zero-order valence-electron chi connectivity index (χ0n) is 20.6. The van der Waals surface area contributed by atoms with Crippen LogP contribution in [0.5, 0.6) is 5.75 Å². The van der Waals surface area contributed by atoms with E-state index in [2.05, 4.69) is 10.3 Å². The average molecular weight is 555 g/mol. The Labute approximate surface area is 232 Å². The molecule has 10 heteroatoms. The van der Waals surface area contributed by atoms with E-state index in [4.69, 9.17) is 26.8 Å². The number of anilines is 1. The van der Waals surface area contributed by atoms with Gasteiger partial charge in [0.05, 0.1) is 18.2 Å². The third kappa shape index (κ3) is 6.45. The van der Waals surface area contributed by atoms with E-state index >= 15 is 0 Å². The molecule has 0 spiro atoms. The Morgan fingerprint density at radius 1 is 1.11 bits per heavy atom. The van der Waals surface area contributed by atoms with Gasteiger partial charge in [0.2, 0.25) is 5.91 Å². The van der Waals surface area contributed by atoms with Crippen LogP contribution in [-0.4, -0.2) is 54.1 Å². The van der Waals surface area contributed by atoms with Gasteiger partial charge in [-0.2, -0.15) is 0 Å². The van der Waals surface area contributed by atoms with Gasteiger partial charge in [0.25, 0.3) is 5.91 Å². The van der Waals surface area contributed by atoms with E-state index < -0.39 is 0 Å². The number of nitrogen functional groups attached to an aromatic ring is 1. The number of halogens is 2. The Morgan fingerprint density at radius 3 is 2.58 bits per heavy atom. The zero-order chi connectivity index (χ0) is 25.8. The average Bonchev–Trinajstić information content (AvgIpc) is 3.35. The highest BCUT2D eigenvalue weighted by atomic mass is 35.5. The number of nitrogens with zero attached hydrogens (tertiary/aromatic N) is 2. The van der Waals surface area contributed by atoms with Crippen LogP contribution in [0.15, 0.2) is 66.9 Å². The molecule has 3 aromatic rings. The summed E-state index contributed by atoms with van der Waals surface area (Å²) < 4.78 is 11.3. The van der Waals surface area contributed by atoms with Crippen molar-refractivity contribution in [3.8, 4) is 16.9 Å². The van der Waals surface area contributed by atoms with Crippen molar-refractivity contribution >= 4 is 41.6 Å². The summed E-state index contributed by atoms with van der Waals surface area (Å²) in [4.78, 5) is 30.8. The molecular weight excluding hydrogens is 527 g/mol. The molecule has 1 fully saturated rings. The largest absolute Gasteiger partial charge is 0.484 e. The Kier molecular flexibility index (Phi) is 8.89. The molecule has 1 unspecified atom stereocenters. The van der Waals surface area contributed by atoms with E-state index in [-0.39, 0.29) is 30.3 Å². The number of nitrogens with two attached hydrogens (primary N) is 1. The van der Waals surface area contributed by atoms with Gasteiger partial charge in [0.15, 0.2) is 0 Å². The van der Waals surface area contributed by atoms with E-state index in [1.807, 2.05) is 47.4 Å². The predicted molar refractivity (Wildman–Crippen MR) is 149 cm³/mol. The molecular formula is C28H28Cl2N4O4. The van der Waals surface area contributed by atoms with Crippen LogP contribution in [0.4, 0.5) is 5.82 Å². The van der Waals surface area contributed by atoms with E-state index in [1.54, 1.807) is 18.3 Å². The van der Waals surface area contributed by atoms with Gasteiger partial charge < -0.3 is 25.4 Å². The van der Waals surface area contributed by atoms with Crippen LogP contribution >= 0.6 is 24.0 Å². The molecule has 3 heterocycles. The summed E-state index contributed by atoms with van der Waals surface area (Å²) in [6, 6.07) is 15.0. The minimum absolute atomic E-state index is 0. The van der Waals surface area contributed by atoms with E-state index in [0.29, 0.717) is 61.4 Å². The summed E-state index contributed by atoms with van der Waals surface area (Å²) >= 11 is 6.55. The number of amides is 2. The number of pyridine rings is 1. The van der Waals surface area contributed by atoms with Crippen molar-refractivity contribution in [3.05, 3.63) is 88.6 Å². The summed E-state index contributed by atoms with van der Waals surface area (Å²) in [5.41, 5.74) is 9.96. The molecule has 0 aliphatic carbocycles. The maximum atomic E-state index is 12.7. The third-order valence-corrected chi connectivity index (χ3v) is 6.63. The molecule has 8 nitrogen and oxygen atoms in total. The highest BCUT2D eigenvalue weighted by Crippen LogP contribution is 2.40. The first-order chi connectivity index (χ1) is 18.0. The van der Waals surface area contributed by atoms with E-state index in [9.17, 15) is 9.59 Å². The lowest BCUT2D eigenvalue weighted by Crippen LogP contribution is -2.40. The Morgan fingerprint density at radius 2 is 1.87 bits per heavy atom. The molecule has 0 bridgehead atoms. The number of hydrogen-bond acceptors (Lipinski definition) is 6. The van der Waals surface area contributed by atoms with Crippen LogP contribution in [0.3, 0.4) is 0 Å². The van der Waals surface area contributed by atoms with Crippen molar-refractivity contribution in [2.45, 2.75) is 19.1 Å². The van der Waals surface area contributed by atoms with Crippen molar-refractivity contribution in [3.63, 3.8) is 0 Å². The molecule has 2 aliphatic rings. The van der Waals surface area contributed by atoms with Crippen LogP contribution in [0.1, 0.15) is 21.5 Å². The summed E-state index contributed by atoms with van der Waals surface area (Å²) in [7, 11) is 0. The summed E-state index contributed by atoms with van der Waals surface area (Å²) in [6.45, 7) is 2.72. The molecule has 1 saturated heterocycles. The van der Waals surface area contributed by atoms with Crippen molar-refractivity contribution in [1.29, 1.82) is 0 Å². The molecule has 2 aromatic carbocycles. The SMILES string of the molecule is Cl.Nc1ccc(CNC(=O)C=CC2Cc3cc(-c4ccc(C(=O)N5CCOCC5)cc4)cc(Cl)c3O2)cn1. The fraction of sp³-hybridized carbons (Fsp3) is 0.250. The fourth-order valence-corrected chi connectivity index (χ4v) is 4.64. The quantitative estimate of drug-likeness (QED) is 0.445. The van der Waals surface area contributed by atoms with Crippen LogP contribution < -0.4 is 15.8 Å². The van der Waals surface area contributed by atoms with Gasteiger partial charge >= 0.3 is 0 Å². The first-order valence-electron chi connectivity index (χ1n) is 12.1. The van der Waals surface area contributed by atoms with Crippen molar-refractivity contribution in [2.75, 3.05) is 32.0 Å². The van der Waals surface area contributed by atoms with Crippen molar-refractivity contribution < 1.29 is 19.1 Å². The number of nitrogens with one attached hydrogen (secondary N) is 1. The molecule has 1 aromatic heterocycles. The summed E-state index contributed by atoms with van der Waals surface area (Å²) in [5, 5.41) is 3.33. The number of carbonyl (C=O) groups excluding carboxylic acids is 2. The first kappa shape index (κ1) is 27.4. The van der Waals surface area contributed by atoms with E-state index in [1.165, 1.54) is 6.08 Å². The number of ether oxygens (including phenoxy) is 2. The van der Waals surface area contributed by atoms with Crippen LogP contribution in [0.2, 0.25) is 5.02 Å². The Bertz CT molecular complexity index is 1320. The first-order valence-corrected chi connectivity index (χ1v) is 12.5. The van der Waals surface area contributed by atoms with Gasteiger partial charge in [-0.05, 0) is 53.1 Å². The van der Waals surface area contributed by atoms with Gasteiger partial charge in [0.1, 0.15) is 17.7 Å². The molecule has 0 saturated carbocycles. The van der Waals surface area contributed by atoms with Crippen LogP contribution in [0.25, 0.3) is 11.1 Å². The molecule has 198 valence electrons. The number of rotatable bonds is 6. The molecule has 2 amide bonds. The van der Waals surface area contributed by atoms with Gasteiger partial charge in [-0.3, -0.25) is 9.59 Å². The molecule has 5 rings (SSSR count). The molecule has 0 radical (unpaired) electrons. The maximum Gasteiger partial charge on any atom is 0.254 e. The second kappa shape index (κ2) is 12.3. The van der Waals surface area contributed by atoms with Crippen LogP contribution in [0, 0.1) is 0 Å². The van der Waals surface area contributed by atoms with Gasteiger partial charge in [-0.15, -0.1) is 12.4 Å². The Balaban J connectivity index is 0.00000336.